The molecule has 0 saturated heterocycles. The Kier molecular flexibility index (Phi) is 5.87. The number of nitrogens with one attached hydrogen (secondary N) is 2. The Labute approximate surface area is 155 Å². The van der Waals surface area contributed by atoms with E-state index < -0.39 is 11.6 Å². The van der Waals surface area contributed by atoms with Crippen molar-refractivity contribution in [2.24, 2.45) is 0 Å². The van der Waals surface area contributed by atoms with Gasteiger partial charge in [-0.25, -0.2) is 13.8 Å². The van der Waals surface area contributed by atoms with E-state index in [0.717, 1.165) is 11.6 Å². The third kappa shape index (κ3) is 5.18. The van der Waals surface area contributed by atoms with Gasteiger partial charge in [0.15, 0.2) is 0 Å². The number of aromatic nitrogens is 3. The van der Waals surface area contributed by atoms with Crippen molar-refractivity contribution in [2.75, 3.05) is 17.2 Å². The van der Waals surface area contributed by atoms with E-state index >= 15 is 0 Å². The van der Waals surface area contributed by atoms with Crippen LogP contribution in [0.2, 0.25) is 0 Å². The molecule has 0 amide bonds. The lowest BCUT2D eigenvalue weighted by molar-refractivity contribution is 0.281. The van der Waals surface area contributed by atoms with Gasteiger partial charge in [0.05, 0.1) is 12.3 Å². The Morgan fingerprint density at radius 1 is 1.04 bits per heavy atom. The molecule has 0 spiro atoms. The van der Waals surface area contributed by atoms with Gasteiger partial charge in [-0.3, -0.25) is 4.98 Å². The van der Waals surface area contributed by atoms with Crippen LogP contribution in [-0.4, -0.2) is 32.7 Å². The zero-order valence-corrected chi connectivity index (χ0v) is 14.7. The Morgan fingerprint density at radius 2 is 1.74 bits per heavy atom. The monoisotopic (exact) mass is 371 g/mol. The molecule has 27 heavy (non-hydrogen) atoms. The van der Waals surface area contributed by atoms with Crippen LogP contribution in [0.4, 0.5) is 20.5 Å². The quantitative estimate of drug-likeness (QED) is 0.592. The first-order valence-corrected chi connectivity index (χ1v) is 8.39. The van der Waals surface area contributed by atoms with Crippen LogP contribution in [0, 0.1) is 11.6 Å². The van der Waals surface area contributed by atoms with Crippen molar-refractivity contribution < 1.29 is 13.9 Å². The SMILES string of the molecule is C[C@@H](CO)Nc1nc(NCc2cc(F)cc(F)c2)cc(-c2ccncc2)n1. The molecular weight excluding hydrogens is 352 g/mol. The van der Waals surface area contributed by atoms with E-state index in [1.165, 1.54) is 12.1 Å². The molecule has 0 saturated carbocycles. The van der Waals surface area contributed by atoms with Gasteiger partial charge in [-0.05, 0) is 36.8 Å². The van der Waals surface area contributed by atoms with E-state index in [9.17, 15) is 13.9 Å². The Bertz CT molecular complexity index is 888. The Balaban J connectivity index is 1.87. The maximum atomic E-state index is 13.4. The first kappa shape index (κ1) is 18.7. The Morgan fingerprint density at radius 3 is 2.41 bits per heavy atom. The second kappa shape index (κ2) is 8.50. The molecule has 2 heterocycles. The number of rotatable bonds is 7. The zero-order chi connectivity index (χ0) is 19.2. The highest BCUT2D eigenvalue weighted by atomic mass is 19.1. The van der Waals surface area contributed by atoms with Crippen molar-refractivity contribution in [3.05, 3.63) is 66.0 Å². The fourth-order valence-electron chi connectivity index (χ4n) is 2.44. The first-order valence-electron chi connectivity index (χ1n) is 8.39. The molecule has 140 valence electrons. The van der Waals surface area contributed by atoms with Crippen molar-refractivity contribution in [3.63, 3.8) is 0 Å². The normalized spacial score (nSPS) is 11.9. The standard InChI is InChI=1S/C19H19F2N5O/c1-12(11-27)24-19-25-17(14-2-4-22-5-3-14)9-18(26-19)23-10-13-6-15(20)8-16(21)7-13/h2-9,12,27H,10-11H2,1H3,(H2,23,24,25,26)/t12-/m0/s1. The predicted molar refractivity (Wildman–Crippen MR) is 99.1 cm³/mol. The molecular formula is C19H19F2N5O. The second-order valence-corrected chi connectivity index (χ2v) is 6.06. The minimum atomic E-state index is -0.633. The van der Waals surface area contributed by atoms with Gasteiger partial charge in [0, 0.05) is 42.7 Å². The van der Waals surface area contributed by atoms with E-state index in [1.54, 1.807) is 25.4 Å². The summed E-state index contributed by atoms with van der Waals surface area (Å²) < 4.78 is 26.7. The average molecular weight is 371 g/mol. The molecule has 3 aromatic rings. The molecule has 8 heteroatoms. The van der Waals surface area contributed by atoms with Gasteiger partial charge >= 0.3 is 0 Å². The smallest absolute Gasteiger partial charge is 0.225 e. The number of aliphatic hydroxyl groups is 1. The largest absolute Gasteiger partial charge is 0.394 e. The van der Waals surface area contributed by atoms with Gasteiger partial charge in [0.2, 0.25) is 5.95 Å². The zero-order valence-electron chi connectivity index (χ0n) is 14.7. The van der Waals surface area contributed by atoms with Gasteiger partial charge in [0.25, 0.3) is 0 Å². The molecule has 1 atom stereocenters. The van der Waals surface area contributed by atoms with Crippen molar-refractivity contribution in [3.8, 4) is 11.3 Å². The molecule has 3 N–H and O–H groups in total. The lowest BCUT2D eigenvalue weighted by Crippen LogP contribution is -2.21. The summed E-state index contributed by atoms with van der Waals surface area (Å²) in [7, 11) is 0. The highest BCUT2D eigenvalue weighted by molar-refractivity contribution is 5.64. The number of hydrogen-bond acceptors (Lipinski definition) is 6. The maximum absolute atomic E-state index is 13.4. The van der Waals surface area contributed by atoms with Gasteiger partial charge in [-0.15, -0.1) is 0 Å². The third-order valence-corrected chi connectivity index (χ3v) is 3.75. The fraction of sp³-hybridized carbons (Fsp3) is 0.211. The summed E-state index contributed by atoms with van der Waals surface area (Å²) in [5.41, 5.74) is 1.94. The summed E-state index contributed by atoms with van der Waals surface area (Å²) in [5.74, 6) is -0.454. The minimum absolute atomic E-state index is 0.0752. The fourth-order valence-corrected chi connectivity index (χ4v) is 2.44. The Hall–Kier alpha value is -3.13. The van der Waals surface area contributed by atoms with Crippen LogP contribution >= 0.6 is 0 Å². The van der Waals surface area contributed by atoms with Crippen molar-refractivity contribution in [2.45, 2.75) is 19.5 Å². The van der Waals surface area contributed by atoms with Gasteiger partial charge in [-0.1, -0.05) is 0 Å². The van der Waals surface area contributed by atoms with E-state index in [1.807, 2.05) is 12.1 Å². The molecule has 0 radical (unpaired) electrons. The highest BCUT2D eigenvalue weighted by Crippen LogP contribution is 2.22. The number of nitrogens with zero attached hydrogens (tertiary/aromatic N) is 3. The van der Waals surface area contributed by atoms with Gasteiger partial charge in [-0.2, -0.15) is 4.98 Å². The van der Waals surface area contributed by atoms with Crippen molar-refractivity contribution >= 4 is 11.8 Å². The summed E-state index contributed by atoms with van der Waals surface area (Å²) in [4.78, 5) is 12.8. The summed E-state index contributed by atoms with van der Waals surface area (Å²) >= 11 is 0. The number of aliphatic hydroxyl groups excluding tert-OH is 1. The molecule has 1 aromatic carbocycles. The van der Waals surface area contributed by atoms with E-state index in [-0.39, 0.29) is 19.2 Å². The lowest BCUT2D eigenvalue weighted by atomic mass is 10.2. The van der Waals surface area contributed by atoms with E-state index in [2.05, 4.69) is 25.6 Å². The first-order chi connectivity index (χ1) is 13.0. The minimum Gasteiger partial charge on any atom is -0.394 e. The predicted octanol–water partition coefficient (Wildman–Crippen LogP) is 3.22. The van der Waals surface area contributed by atoms with Crippen LogP contribution in [0.25, 0.3) is 11.3 Å². The molecule has 3 rings (SSSR count). The number of pyridine rings is 1. The average Bonchev–Trinajstić information content (AvgIpc) is 2.66. The molecule has 2 aromatic heterocycles. The van der Waals surface area contributed by atoms with Crippen molar-refractivity contribution in [1.29, 1.82) is 0 Å². The molecule has 6 nitrogen and oxygen atoms in total. The summed E-state index contributed by atoms with van der Waals surface area (Å²) in [6, 6.07) is 8.47. The van der Waals surface area contributed by atoms with Gasteiger partial charge in [0.1, 0.15) is 17.5 Å². The van der Waals surface area contributed by atoms with Crippen LogP contribution in [0.15, 0.2) is 48.8 Å². The van der Waals surface area contributed by atoms with Gasteiger partial charge < -0.3 is 15.7 Å². The highest BCUT2D eigenvalue weighted by Gasteiger charge is 2.10. The molecule has 0 fully saturated rings. The van der Waals surface area contributed by atoms with Crippen LogP contribution < -0.4 is 10.6 Å². The van der Waals surface area contributed by atoms with Crippen LogP contribution in [0.5, 0.6) is 0 Å². The topological polar surface area (TPSA) is 83.0 Å². The molecule has 0 unspecified atom stereocenters. The second-order valence-electron chi connectivity index (χ2n) is 6.06. The summed E-state index contributed by atoms with van der Waals surface area (Å²) in [5, 5.41) is 15.3. The van der Waals surface area contributed by atoms with Crippen molar-refractivity contribution in [1.82, 2.24) is 15.0 Å². The number of benzene rings is 1. The lowest BCUT2D eigenvalue weighted by Gasteiger charge is -2.14. The van der Waals surface area contributed by atoms with E-state index in [0.29, 0.717) is 23.0 Å². The summed E-state index contributed by atoms with van der Waals surface area (Å²) in [6.45, 7) is 1.91. The molecule has 0 aliphatic carbocycles. The van der Waals surface area contributed by atoms with Crippen LogP contribution in [0.1, 0.15) is 12.5 Å². The number of halogens is 2. The van der Waals surface area contributed by atoms with E-state index in [4.69, 9.17) is 0 Å². The molecule has 0 bridgehead atoms. The van der Waals surface area contributed by atoms with Crippen LogP contribution in [0.3, 0.4) is 0 Å². The number of hydrogen-bond donors (Lipinski definition) is 3. The maximum Gasteiger partial charge on any atom is 0.225 e. The summed E-state index contributed by atoms with van der Waals surface area (Å²) in [6.07, 6.45) is 3.31. The third-order valence-electron chi connectivity index (χ3n) is 3.75. The van der Waals surface area contributed by atoms with Crippen LogP contribution in [-0.2, 0) is 6.54 Å². The number of anilines is 2. The molecule has 0 aliphatic rings. The molecule has 0 aliphatic heterocycles.